The Morgan fingerprint density at radius 1 is 1.16 bits per heavy atom. The van der Waals surface area contributed by atoms with E-state index in [1.807, 2.05) is 6.92 Å². The van der Waals surface area contributed by atoms with Gasteiger partial charge < -0.3 is 15.3 Å². The minimum atomic E-state index is -0.738. The molecular formula is C21H38O4. The zero-order valence-corrected chi connectivity index (χ0v) is 16.1. The first-order valence-corrected chi connectivity index (χ1v) is 10.1. The molecule has 0 bridgehead atoms. The standard InChI is InChI=1S/C21H38O4/c1-3-4-9-15-21(2,25)16-14-18-17(12-13-19(18)22)10-7-5-6-8-11-20(23)24/h5,7,17-19,22,25H,3-4,6,8-16H2,1-2H3,(H,23,24)/b7-5-/t17-,18+,19-,21+/m0/s1. The Hall–Kier alpha value is -0.870. The van der Waals surface area contributed by atoms with Crippen LogP contribution in [-0.4, -0.2) is 33.0 Å². The summed E-state index contributed by atoms with van der Waals surface area (Å²) >= 11 is 0. The Morgan fingerprint density at radius 2 is 1.92 bits per heavy atom. The number of carboxylic acid groups (broad SMARTS) is 1. The van der Waals surface area contributed by atoms with E-state index in [0.717, 1.165) is 64.2 Å². The summed E-state index contributed by atoms with van der Waals surface area (Å²) in [6, 6.07) is 0. The van der Waals surface area contributed by atoms with Gasteiger partial charge in [-0.25, -0.2) is 0 Å². The predicted octanol–water partition coefficient (Wildman–Crippen LogP) is 4.69. The molecule has 25 heavy (non-hydrogen) atoms. The maximum atomic E-state index is 10.5. The van der Waals surface area contributed by atoms with Crippen LogP contribution >= 0.6 is 0 Å². The number of allylic oxidation sites excluding steroid dienone is 2. The molecule has 4 atom stereocenters. The first-order valence-electron chi connectivity index (χ1n) is 10.1. The molecule has 0 saturated heterocycles. The number of hydrogen-bond acceptors (Lipinski definition) is 3. The van der Waals surface area contributed by atoms with Gasteiger partial charge in [0.05, 0.1) is 11.7 Å². The molecule has 0 aromatic heterocycles. The van der Waals surface area contributed by atoms with Gasteiger partial charge in [-0.15, -0.1) is 0 Å². The van der Waals surface area contributed by atoms with Gasteiger partial charge in [0.2, 0.25) is 0 Å². The molecule has 146 valence electrons. The van der Waals surface area contributed by atoms with Crippen LogP contribution in [-0.2, 0) is 4.79 Å². The van der Waals surface area contributed by atoms with E-state index in [1.54, 1.807) is 0 Å². The molecule has 3 N–H and O–H groups in total. The number of aliphatic hydroxyl groups excluding tert-OH is 1. The van der Waals surface area contributed by atoms with Crippen LogP contribution < -0.4 is 0 Å². The molecule has 0 radical (unpaired) electrons. The van der Waals surface area contributed by atoms with Crippen molar-refractivity contribution in [1.82, 2.24) is 0 Å². The maximum Gasteiger partial charge on any atom is 0.303 e. The number of carbonyl (C=O) groups is 1. The third-order valence-electron chi connectivity index (χ3n) is 5.64. The van der Waals surface area contributed by atoms with E-state index in [2.05, 4.69) is 19.1 Å². The van der Waals surface area contributed by atoms with E-state index < -0.39 is 11.6 Å². The lowest BCUT2D eigenvalue weighted by atomic mass is 9.83. The second-order valence-electron chi connectivity index (χ2n) is 8.05. The minimum absolute atomic E-state index is 0.224. The van der Waals surface area contributed by atoms with Crippen LogP contribution in [0.5, 0.6) is 0 Å². The first-order chi connectivity index (χ1) is 11.9. The van der Waals surface area contributed by atoms with E-state index in [-0.39, 0.29) is 18.4 Å². The number of aliphatic carboxylic acids is 1. The highest BCUT2D eigenvalue weighted by molar-refractivity contribution is 5.66. The van der Waals surface area contributed by atoms with Gasteiger partial charge in [0.15, 0.2) is 0 Å². The highest BCUT2D eigenvalue weighted by Crippen LogP contribution is 2.39. The van der Waals surface area contributed by atoms with Gasteiger partial charge in [-0.3, -0.25) is 4.79 Å². The van der Waals surface area contributed by atoms with Crippen LogP contribution in [0.15, 0.2) is 12.2 Å². The number of carboxylic acids is 1. The highest BCUT2D eigenvalue weighted by atomic mass is 16.4. The van der Waals surface area contributed by atoms with E-state index >= 15 is 0 Å². The molecule has 0 heterocycles. The molecular weight excluding hydrogens is 316 g/mol. The van der Waals surface area contributed by atoms with Gasteiger partial charge in [0, 0.05) is 6.42 Å². The van der Waals surface area contributed by atoms with Crippen LogP contribution in [0.4, 0.5) is 0 Å². The molecule has 0 spiro atoms. The van der Waals surface area contributed by atoms with E-state index in [1.165, 1.54) is 0 Å². The molecule has 0 aliphatic heterocycles. The second-order valence-corrected chi connectivity index (χ2v) is 8.05. The SMILES string of the molecule is CCCCC[C@@](C)(O)CC[C@@H]1[C@@H](C/C=C\CCCC(=O)O)CC[C@@H]1O. The fourth-order valence-corrected chi connectivity index (χ4v) is 3.97. The Morgan fingerprint density at radius 3 is 2.60 bits per heavy atom. The quantitative estimate of drug-likeness (QED) is 0.331. The van der Waals surface area contributed by atoms with Crippen molar-refractivity contribution < 1.29 is 20.1 Å². The summed E-state index contributed by atoms with van der Waals surface area (Å²) in [7, 11) is 0. The summed E-state index contributed by atoms with van der Waals surface area (Å²) in [5.74, 6) is 0.0249. The summed E-state index contributed by atoms with van der Waals surface area (Å²) < 4.78 is 0. The van der Waals surface area contributed by atoms with Crippen LogP contribution in [0.2, 0.25) is 0 Å². The topological polar surface area (TPSA) is 77.8 Å². The van der Waals surface area contributed by atoms with Crippen LogP contribution in [0, 0.1) is 11.8 Å². The molecule has 1 aliphatic rings. The second kappa shape index (κ2) is 11.7. The Balaban J connectivity index is 2.35. The van der Waals surface area contributed by atoms with E-state index in [4.69, 9.17) is 5.11 Å². The molecule has 0 aromatic carbocycles. The molecule has 1 saturated carbocycles. The summed E-state index contributed by atoms with van der Waals surface area (Å²) in [4.78, 5) is 10.5. The van der Waals surface area contributed by atoms with Gasteiger partial charge in [0.25, 0.3) is 0 Å². The van der Waals surface area contributed by atoms with Crippen molar-refractivity contribution in [2.24, 2.45) is 11.8 Å². The van der Waals surface area contributed by atoms with Crippen molar-refractivity contribution in [2.45, 2.75) is 103 Å². The molecule has 1 aliphatic carbocycles. The fraction of sp³-hybridized carbons (Fsp3) is 0.857. The normalized spacial score (nSPS) is 26.2. The zero-order valence-electron chi connectivity index (χ0n) is 16.1. The lowest BCUT2D eigenvalue weighted by Gasteiger charge is -2.28. The third-order valence-corrected chi connectivity index (χ3v) is 5.64. The lowest BCUT2D eigenvalue weighted by molar-refractivity contribution is -0.137. The molecule has 1 rings (SSSR count). The number of unbranched alkanes of at least 4 members (excludes halogenated alkanes) is 3. The van der Waals surface area contributed by atoms with Gasteiger partial charge in [0.1, 0.15) is 0 Å². The molecule has 0 amide bonds. The van der Waals surface area contributed by atoms with Crippen LogP contribution in [0.3, 0.4) is 0 Å². The Kier molecular flexibility index (Phi) is 10.4. The van der Waals surface area contributed by atoms with Gasteiger partial charge in [-0.05, 0) is 70.1 Å². The third kappa shape index (κ3) is 9.41. The summed E-state index contributed by atoms with van der Waals surface area (Å²) in [6.07, 6.45) is 14.4. The summed E-state index contributed by atoms with van der Waals surface area (Å²) in [6.45, 7) is 4.10. The van der Waals surface area contributed by atoms with Gasteiger partial charge in [-0.2, -0.15) is 0 Å². The van der Waals surface area contributed by atoms with Gasteiger partial charge in [-0.1, -0.05) is 38.3 Å². The fourth-order valence-electron chi connectivity index (χ4n) is 3.97. The van der Waals surface area contributed by atoms with Crippen molar-refractivity contribution in [2.75, 3.05) is 0 Å². The highest BCUT2D eigenvalue weighted by Gasteiger charge is 2.35. The lowest BCUT2D eigenvalue weighted by Crippen LogP contribution is -2.28. The first kappa shape index (κ1) is 22.2. The molecule has 4 heteroatoms. The largest absolute Gasteiger partial charge is 0.481 e. The van der Waals surface area contributed by atoms with Crippen LogP contribution in [0.1, 0.15) is 90.9 Å². The summed E-state index contributed by atoms with van der Waals surface area (Å²) in [5.41, 5.74) is -0.616. The van der Waals surface area contributed by atoms with Crippen molar-refractivity contribution in [3.05, 3.63) is 12.2 Å². The predicted molar refractivity (Wildman–Crippen MR) is 101 cm³/mol. The van der Waals surface area contributed by atoms with Crippen molar-refractivity contribution in [3.63, 3.8) is 0 Å². The Bertz CT molecular complexity index is 403. The zero-order chi connectivity index (χ0) is 18.7. The molecule has 1 fully saturated rings. The van der Waals surface area contributed by atoms with Crippen LogP contribution in [0.25, 0.3) is 0 Å². The smallest absolute Gasteiger partial charge is 0.303 e. The van der Waals surface area contributed by atoms with Crippen molar-refractivity contribution >= 4 is 5.97 Å². The monoisotopic (exact) mass is 354 g/mol. The molecule has 0 aromatic rings. The summed E-state index contributed by atoms with van der Waals surface area (Å²) in [5, 5.41) is 29.5. The molecule has 0 unspecified atom stereocenters. The average molecular weight is 355 g/mol. The van der Waals surface area contributed by atoms with E-state index in [0.29, 0.717) is 12.3 Å². The minimum Gasteiger partial charge on any atom is -0.481 e. The van der Waals surface area contributed by atoms with Crippen molar-refractivity contribution in [1.29, 1.82) is 0 Å². The number of hydrogen-bond donors (Lipinski definition) is 3. The Labute approximate surface area is 153 Å². The van der Waals surface area contributed by atoms with E-state index in [9.17, 15) is 15.0 Å². The average Bonchev–Trinajstić information content (AvgIpc) is 2.89. The van der Waals surface area contributed by atoms with Gasteiger partial charge >= 0.3 is 5.97 Å². The number of aliphatic hydroxyl groups is 2. The number of rotatable bonds is 13. The molecule has 4 nitrogen and oxygen atoms in total. The maximum absolute atomic E-state index is 10.5. The van der Waals surface area contributed by atoms with Crippen molar-refractivity contribution in [3.8, 4) is 0 Å².